The lowest BCUT2D eigenvalue weighted by Crippen LogP contribution is -2.13. The molecular weight excluding hydrogens is 260 g/mol. The highest BCUT2D eigenvalue weighted by molar-refractivity contribution is 7.87. The molecule has 0 N–H and O–H groups in total. The first-order valence-electron chi connectivity index (χ1n) is 7.13. The average molecular weight is 282 g/mol. The van der Waals surface area contributed by atoms with Gasteiger partial charge in [-0.3, -0.25) is 0 Å². The van der Waals surface area contributed by atoms with Crippen molar-refractivity contribution in [3.63, 3.8) is 0 Å². The highest BCUT2D eigenvalue weighted by Crippen LogP contribution is 2.33. The van der Waals surface area contributed by atoms with E-state index in [4.69, 9.17) is 4.18 Å². The summed E-state index contributed by atoms with van der Waals surface area (Å²) in [4.78, 5) is 0. The van der Waals surface area contributed by atoms with Crippen LogP contribution in [-0.4, -0.2) is 14.2 Å². The fraction of sp³-hybridized carbons (Fsp3) is 0.600. The van der Waals surface area contributed by atoms with Gasteiger partial charge in [-0.05, 0) is 42.9 Å². The smallest absolute Gasteiger partial charge is 0.309 e. The molecule has 1 aromatic rings. The minimum Gasteiger partial charge on any atom is -0.382 e. The van der Waals surface area contributed by atoms with Crippen molar-refractivity contribution < 1.29 is 12.6 Å². The third-order valence-corrected chi connectivity index (χ3v) is 4.99. The van der Waals surface area contributed by atoms with E-state index in [2.05, 4.69) is 0 Å². The molecule has 1 aliphatic carbocycles. The molecule has 0 heterocycles. The second kappa shape index (κ2) is 6.42. The van der Waals surface area contributed by atoms with Gasteiger partial charge in [-0.2, -0.15) is 8.42 Å². The largest absolute Gasteiger partial charge is 0.382 e. The number of hydrogen-bond acceptors (Lipinski definition) is 3. The van der Waals surface area contributed by atoms with Gasteiger partial charge in [0, 0.05) is 0 Å². The van der Waals surface area contributed by atoms with Crippen molar-refractivity contribution in [1.29, 1.82) is 0 Å². The third kappa shape index (κ3) is 4.23. The highest BCUT2D eigenvalue weighted by atomic mass is 32.2. The zero-order chi connectivity index (χ0) is 13.7. The van der Waals surface area contributed by atoms with Crippen molar-refractivity contribution in [1.82, 2.24) is 0 Å². The molecule has 19 heavy (non-hydrogen) atoms. The molecule has 2 rings (SSSR count). The van der Waals surface area contributed by atoms with Crippen LogP contribution in [0.5, 0.6) is 5.75 Å². The van der Waals surface area contributed by atoms with Crippen LogP contribution in [-0.2, 0) is 10.1 Å². The van der Waals surface area contributed by atoms with Crippen LogP contribution in [0, 0.1) is 0 Å². The topological polar surface area (TPSA) is 43.4 Å². The van der Waals surface area contributed by atoms with E-state index in [1.165, 1.54) is 37.7 Å². The molecule has 0 bridgehead atoms. The first-order valence-corrected chi connectivity index (χ1v) is 8.70. The molecule has 0 aromatic heterocycles. The Morgan fingerprint density at radius 2 is 1.74 bits per heavy atom. The summed E-state index contributed by atoms with van der Waals surface area (Å²) in [5.41, 5.74) is 1.31. The molecule has 4 heteroatoms. The Labute approximate surface area is 116 Å². The molecule has 106 valence electrons. The summed E-state index contributed by atoms with van der Waals surface area (Å²) < 4.78 is 28.2. The van der Waals surface area contributed by atoms with Crippen LogP contribution < -0.4 is 4.18 Å². The van der Waals surface area contributed by atoms with E-state index in [0.29, 0.717) is 18.1 Å². The van der Waals surface area contributed by atoms with Crippen molar-refractivity contribution >= 4 is 10.1 Å². The molecule has 0 unspecified atom stereocenters. The van der Waals surface area contributed by atoms with Crippen LogP contribution in [0.3, 0.4) is 0 Å². The van der Waals surface area contributed by atoms with Gasteiger partial charge in [0.25, 0.3) is 0 Å². The normalized spacial score (nSPS) is 17.3. The molecule has 0 saturated heterocycles. The first kappa shape index (κ1) is 14.4. The molecule has 0 radical (unpaired) electrons. The van der Waals surface area contributed by atoms with Crippen molar-refractivity contribution in [3.05, 3.63) is 29.8 Å². The van der Waals surface area contributed by atoms with Gasteiger partial charge in [0.2, 0.25) is 0 Å². The molecule has 0 aliphatic heterocycles. The Morgan fingerprint density at radius 3 is 2.32 bits per heavy atom. The third-order valence-electron chi connectivity index (χ3n) is 3.63. The summed E-state index contributed by atoms with van der Waals surface area (Å²) in [6, 6.07) is 7.56. The van der Waals surface area contributed by atoms with E-state index in [1.54, 1.807) is 12.1 Å². The lowest BCUT2D eigenvalue weighted by molar-refractivity contribution is 0.443. The van der Waals surface area contributed by atoms with E-state index in [-0.39, 0.29) is 5.75 Å². The standard InChI is InChI=1S/C15H22O3S/c1-2-12-19(16,17)18-15-10-8-14(9-11-15)13-6-4-3-5-7-13/h8-11,13H,2-7,12H2,1H3. The second-order valence-corrected chi connectivity index (χ2v) is 6.94. The summed E-state index contributed by atoms with van der Waals surface area (Å²) in [7, 11) is -3.42. The van der Waals surface area contributed by atoms with Crippen LogP contribution in [0.25, 0.3) is 0 Å². The Morgan fingerprint density at radius 1 is 1.11 bits per heavy atom. The van der Waals surface area contributed by atoms with E-state index in [1.807, 2.05) is 19.1 Å². The van der Waals surface area contributed by atoms with Crippen molar-refractivity contribution in [3.8, 4) is 5.75 Å². The molecule has 3 nitrogen and oxygen atoms in total. The predicted octanol–water partition coefficient (Wildman–Crippen LogP) is 3.85. The Bertz CT molecular complexity index is 485. The fourth-order valence-electron chi connectivity index (χ4n) is 2.67. The monoisotopic (exact) mass is 282 g/mol. The molecule has 0 amide bonds. The maximum absolute atomic E-state index is 11.6. The van der Waals surface area contributed by atoms with Gasteiger partial charge in [0.05, 0.1) is 5.75 Å². The molecule has 1 aliphatic rings. The summed E-state index contributed by atoms with van der Waals surface area (Å²) in [6.07, 6.45) is 7.00. The van der Waals surface area contributed by atoms with Gasteiger partial charge in [0.1, 0.15) is 5.75 Å². The van der Waals surface area contributed by atoms with E-state index < -0.39 is 10.1 Å². The van der Waals surface area contributed by atoms with Gasteiger partial charge >= 0.3 is 10.1 Å². The van der Waals surface area contributed by atoms with Crippen LogP contribution >= 0.6 is 0 Å². The van der Waals surface area contributed by atoms with E-state index in [9.17, 15) is 8.42 Å². The van der Waals surface area contributed by atoms with Gasteiger partial charge in [0.15, 0.2) is 0 Å². The van der Waals surface area contributed by atoms with Crippen molar-refractivity contribution in [2.75, 3.05) is 5.75 Å². The van der Waals surface area contributed by atoms with Crippen molar-refractivity contribution in [2.24, 2.45) is 0 Å². The Balaban J connectivity index is 2.02. The average Bonchev–Trinajstić information content (AvgIpc) is 2.40. The zero-order valence-electron chi connectivity index (χ0n) is 11.5. The van der Waals surface area contributed by atoms with Crippen LogP contribution in [0.1, 0.15) is 56.9 Å². The second-order valence-electron chi connectivity index (χ2n) is 5.25. The fourth-order valence-corrected chi connectivity index (χ4v) is 3.66. The maximum Gasteiger partial charge on any atom is 0.309 e. The van der Waals surface area contributed by atoms with Crippen LogP contribution in [0.4, 0.5) is 0 Å². The van der Waals surface area contributed by atoms with E-state index in [0.717, 1.165) is 0 Å². The quantitative estimate of drug-likeness (QED) is 0.770. The first-order chi connectivity index (χ1) is 9.11. The Hall–Kier alpha value is -1.03. The van der Waals surface area contributed by atoms with Gasteiger partial charge < -0.3 is 4.18 Å². The molecule has 0 atom stereocenters. The minimum atomic E-state index is -3.42. The number of rotatable bonds is 5. The molecule has 1 aromatic carbocycles. The summed E-state index contributed by atoms with van der Waals surface area (Å²) >= 11 is 0. The Kier molecular flexibility index (Phi) is 4.86. The SMILES string of the molecule is CCCS(=O)(=O)Oc1ccc(C2CCCCC2)cc1. The van der Waals surface area contributed by atoms with Crippen LogP contribution in [0.2, 0.25) is 0 Å². The molecule has 0 spiro atoms. The lowest BCUT2D eigenvalue weighted by Gasteiger charge is -2.22. The lowest BCUT2D eigenvalue weighted by atomic mass is 9.84. The number of benzene rings is 1. The summed E-state index contributed by atoms with van der Waals surface area (Å²) in [5.74, 6) is 1.13. The van der Waals surface area contributed by atoms with Crippen LogP contribution in [0.15, 0.2) is 24.3 Å². The van der Waals surface area contributed by atoms with Gasteiger partial charge in [-0.25, -0.2) is 0 Å². The maximum atomic E-state index is 11.6. The van der Waals surface area contributed by atoms with Gasteiger partial charge in [-0.1, -0.05) is 38.3 Å². The zero-order valence-corrected chi connectivity index (χ0v) is 12.3. The molecule has 1 saturated carbocycles. The van der Waals surface area contributed by atoms with E-state index >= 15 is 0 Å². The predicted molar refractivity (Wildman–Crippen MR) is 77.0 cm³/mol. The highest BCUT2D eigenvalue weighted by Gasteiger charge is 2.16. The molecule has 1 fully saturated rings. The van der Waals surface area contributed by atoms with Crippen molar-refractivity contribution in [2.45, 2.75) is 51.4 Å². The summed E-state index contributed by atoms with van der Waals surface area (Å²) in [6.45, 7) is 1.83. The number of hydrogen-bond donors (Lipinski definition) is 0. The molecular formula is C15H22O3S. The van der Waals surface area contributed by atoms with Gasteiger partial charge in [-0.15, -0.1) is 0 Å². The minimum absolute atomic E-state index is 0.0668. The summed E-state index contributed by atoms with van der Waals surface area (Å²) in [5, 5.41) is 0.